The van der Waals surface area contributed by atoms with Crippen LogP contribution in [0.1, 0.15) is 46.2 Å². The summed E-state index contributed by atoms with van der Waals surface area (Å²) >= 11 is 1.62. The van der Waals surface area contributed by atoms with Gasteiger partial charge in [-0.2, -0.15) is 0 Å². The first-order valence-corrected chi connectivity index (χ1v) is 10.3. The summed E-state index contributed by atoms with van der Waals surface area (Å²) < 4.78 is 0. The minimum absolute atomic E-state index is 0.0142. The van der Waals surface area contributed by atoms with Gasteiger partial charge in [-0.15, -0.1) is 11.3 Å². The van der Waals surface area contributed by atoms with Gasteiger partial charge in [0.25, 0.3) is 11.5 Å². The van der Waals surface area contributed by atoms with Gasteiger partial charge in [-0.25, -0.2) is 4.98 Å². The molecule has 2 heterocycles. The van der Waals surface area contributed by atoms with Crippen molar-refractivity contribution in [2.75, 3.05) is 6.54 Å². The summed E-state index contributed by atoms with van der Waals surface area (Å²) in [6, 6.07) is 9.32. The Hall–Kier alpha value is -2.47. The van der Waals surface area contributed by atoms with Crippen molar-refractivity contribution in [3.63, 3.8) is 0 Å². The summed E-state index contributed by atoms with van der Waals surface area (Å²) in [5, 5.41) is 0.565. The third-order valence-corrected chi connectivity index (χ3v) is 6.44. The topological polar surface area (TPSA) is 66.1 Å². The van der Waals surface area contributed by atoms with Crippen molar-refractivity contribution in [2.24, 2.45) is 5.92 Å². The van der Waals surface area contributed by atoms with Gasteiger partial charge < -0.3 is 9.88 Å². The summed E-state index contributed by atoms with van der Waals surface area (Å²) in [5.74, 6) is 1.22. The third-order valence-electron chi connectivity index (χ3n) is 5.21. The Morgan fingerprint density at radius 3 is 3.00 bits per heavy atom. The zero-order chi connectivity index (χ0) is 19.0. The van der Waals surface area contributed by atoms with Crippen LogP contribution in [0.5, 0.6) is 0 Å². The molecule has 1 aliphatic rings. The minimum Gasteiger partial charge on any atom is -0.331 e. The van der Waals surface area contributed by atoms with Crippen LogP contribution in [-0.2, 0) is 19.4 Å². The number of rotatable bonds is 4. The Morgan fingerprint density at radius 1 is 1.37 bits per heavy atom. The second kappa shape index (κ2) is 7.27. The zero-order valence-corrected chi connectivity index (χ0v) is 16.4. The lowest BCUT2D eigenvalue weighted by molar-refractivity contribution is 0.0753. The van der Waals surface area contributed by atoms with Crippen molar-refractivity contribution < 1.29 is 4.79 Å². The van der Waals surface area contributed by atoms with Gasteiger partial charge in [-0.05, 0) is 55.9 Å². The third kappa shape index (κ3) is 3.54. The molecule has 0 saturated carbocycles. The number of H-pyrrole nitrogens is 1. The second-order valence-electron chi connectivity index (χ2n) is 7.26. The lowest BCUT2D eigenvalue weighted by Gasteiger charge is -2.19. The number of para-hydroxylation sites is 1. The monoisotopic (exact) mass is 381 g/mol. The van der Waals surface area contributed by atoms with E-state index in [1.165, 1.54) is 16.9 Å². The fourth-order valence-corrected chi connectivity index (χ4v) is 4.86. The van der Waals surface area contributed by atoms with E-state index in [1.54, 1.807) is 22.3 Å². The van der Waals surface area contributed by atoms with E-state index in [0.717, 1.165) is 17.7 Å². The van der Waals surface area contributed by atoms with E-state index in [-0.39, 0.29) is 11.5 Å². The Morgan fingerprint density at radius 2 is 2.19 bits per heavy atom. The molecule has 0 bridgehead atoms. The van der Waals surface area contributed by atoms with E-state index in [1.807, 2.05) is 25.1 Å². The van der Waals surface area contributed by atoms with Crippen LogP contribution in [0.2, 0.25) is 0 Å². The highest BCUT2D eigenvalue weighted by atomic mass is 32.1. The predicted molar refractivity (Wildman–Crippen MR) is 108 cm³/mol. The quantitative estimate of drug-likeness (QED) is 0.748. The number of carbonyl (C=O) groups excluding carboxylic acids is 1. The summed E-state index contributed by atoms with van der Waals surface area (Å²) in [4.78, 5) is 36.6. The lowest BCUT2D eigenvalue weighted by Crippen LogP contribution is -2.31. The molecule has 140 valence electrons. The van der Waals surface area contributed by atoms with Crippen molar-refractivity contribution in [1.82, 2.24) is 14.9 Å². The Kier molecular flexibility index (Phi) is 4.83. The number of hydrogen-bond acceptors (Lipinski definition) is 4. The number of nitrogens with zero attached hydrogens (tertiary/aromatic N) is 2. The number of benzene rings is 1. The summed E-state index contributed by atoms with van der Waals surface area (Å²) in [6.45, 7) is 5.08. The molecule has 4 rings (SSSR count). The molecule has 0 aliphatic heterocycles. The Bertz CT molecular complexity index is 1050. The maximum Gasteiger partial charge on any atom is 0.264 e. The Balaban J connectivity index is 1.59. The zero-order valence-electron chi connectivity index (χ0n) is 15.6. The highest BCUT2D eigenvalue weighted by molar-refractivity contribution is 7.14. The Labute approximate surface area is 162 Å². The molecular weight excluding hydrogens is 358 g/mol. The highest BCUT2D eigenvalue weighted by Gasteiger charge is 2.23. The number of carbonyl (C=O) groups is 1. The van der Waals surface area contributed by atoms with Crippen LogP contribution in [-0.4, -0.2) is 27.3 Å². The van der Waals surface area contributed by atoms with Gasteiger partial charge in [0, 0.05) is 11.4 Å². The molecule has 1 atom stereocenters. The van der Waals surface area contributed by atoms with Gasteiger partial charge in [-0.1, -0.05) is 19.1 Å². The van der Waals surface area contributed by atoms with Gasteiger partial charge in [0.05, 0.1) is 22.3 Å². The number of nitrogens with one attached hydrogen (secondary N) is 1. The van der Waals surface area contributed by atoms with E-state index in [2.05, 4.69) is 23.0 Å². The molecule has 0 spiro atoms. The summed E-state index contributed by atoms with van der Waals surface area (Å²) in [5.41, 5.74) is 1.82. The van der Waals surface area contributed by atoms with Gasteiger partial charge in [0.2, 0.25) is 0 Å². The van der Waals surface area contributed by atoms with Crippen LogP contribution in [0.15, 0.2) is 35.1 Å². The number of amides is 1. The smallest absolute Gasteiger partial charge is 0.264 e. The largest absolute Gasteiger partial charge is 0.331 e. The normalized spacial score (nSPS) is 16.3. The van der Waals surface area contributed by atoms with Crippen molar-refractivity contribution in [3.05, 3.63) is 61.8 Å². The van der Waals surface area contributed by atoms with Gasteiger partial charge >= 0.3 is 0 Å². The first-order valence-electron chi connectivity index (χ1n) is 9.44. The van der Waals surface area contributed by atoms with Gasteiger partial charge in [0.15, 0.2) is 0 Å². The molecule has 6 heteroatoms. The van der Waals surface area contributed by atoms with Crippen molar-refractivity contribution in [2.45, 2.75) is 39.7 Å². The second-order valence-corrected chi connectivity index (χ2v) is 8.39. The first kappa shape index (κ1) is 17.9. The van der Waals surface area contributed by atoms with Crippen LogP contribution < -0.4 is 5.56 Å². The van der Waals surface area contributed by atoms with E-state index in [0.29, 0.717) is 35.7 Å². The average molecular weight is 382 g/mol. The molecule has 1 aliphatic carbocycles. The number of aromatic nitrogens is 2. The molecular formula is C21H23N3O2S. The molecule has 3 aromatic rings. The average Bonchev–Trinajstić information content (AvgIpc) is 3.09. The van der Waals surface area contributed by atoms with Crippen molar-refractivity contribution in [1.29, 1.82) is 0 Å². The molecule has 0 saturated heterocycles. The van der Waals surface area contributed by atoms with Crippen LogP contribution in [0, 0.1) is 5.92 Å². The fourth-order valence-electron chi connectivity index (χ4n) is 3.68. The minimum atomic E-state index is -0.167. The SMILES string of the molecule is CCN(Cc1nc2ccccc2c(=O)[nH]1)C(=O)c1cc2c(s1)CCC(C)C2. The lowest BCUT2D eigenvalue weighted by atomic mass is 9.90. The number of aromatic amines is 1. The first-order chi connectivity index (χ1) is 13.0. The molecule has 0 radical (unpaired) electrons. The van der Waals surface area contributed by atoms with Crippen LogP contribution >= 0.6 is 11.3 Å². The number of hydrogen-bond donors (Lipinski definition) is 1. The van der Waals surface area contributed by atoms with E-state index in [4.69, 9.17) is 0 Å². The number of fused-ring (bicyclic) bond motifs is 2. The van der Waals surface area contributed by atoms with Crippen LogP contribution in [0.4, 0.5) is 0 Å². The molecule has 1 aromatic carbocycles. The number of thiophene rings is 1. The van der Waals surface area contributed by atoms with E-state index in [9.17, 15) is 9.59 Å². The van der Waals surface area contributed by atoms with E-state index >= 15 is 0 Å². The molecule has 1 unspecified atom stereocenters. The molecule has 5 nitrogen and oxygen atoms in total. The van der Waals surface area contributed by atoms with Crippen molar-refractivity contribution >= 4 is 28.1 Å². The number of aryl methyl sites for hydroxylation is 1. The van der Waals surface area contributed by atoms with Crippen molar-refractivity contribution in [3.8, 4) is 0 Å². The van der Waals surface area contributed by atoms with Gasteiger partial charge in [0.1, 0.15) is 5.82 Å². The fraction of sp³-hybridized carbons (Fsp3) is 0.381. The summed E-state index contributed by atoms with van der Waals surface area (Å²) in [6.07, 6.45) is 3.33. The molecule has 1 N–H and O–H groups in total. The van der Waals surface area contributed by atoms with Crippen LogP contribution in [0.3, 0.4) is 0 Å². The standard InChI is InChI=1S/C21H23N3O2S/c1-3-24(12-19-22-16-7-5-4-6-15(16)20(25)23-19)21(26)18-11-14-10-13(2)8-9-17(14)27-18/h4-7,11,13H,3,8-10,12H2,1-2H3,(H,22,23,25). The van der Waals surface area contributed by atoms with Crippen LogP contribution in [0.25, 0.3) is 10.9 Å². The molecule has 1 amide bonds. The molecule has 2 aromatic heterocycles. The maximum absolute atomic E-state index is 13.0. The summed E-state index contributed by atoms with van der Waals surface area (Å²) in [7, 11) is 0. The maximum atomic E-state index is 13.0. The predicted octanol–water partition coefficient (Wildman–Crippen LogP) is 3.77. The van der Waals surface area contributed by atoms with Gasteiger partial charge in [-0.3, -0.25) is 9.59 Å². The molecule has 0 fully saturated rings. The molecule has 27 heavy (non-hydrogen) atoms. The van der Waals surface area contributed by atoms with E-state index < -0.39 is 0 Å². The highest BCUT2D eigenvalue weighted by Crippen LogP contribution is 2.32.